The first-order valence-electron chi connectivity index (χ1n) is 8.04. The lowest BCUT2D eigenvalue weighted by Gasteiger charge is -2.30. The second-order valence-corrected chi connectivity index (χ2v) is 6.14. The number of carbonyl (C=O) groups is 1. The molecule has 0 aliphatic carbocycles. The molecule has 0 spiro atoms. The molecule has 7 heteroatoms. The number of amides is 1. The van der Waals surface area contributed by atoms with Crippen molar-refractivity contribution in [2.45, 2.75) is 52.4 Å². The summed E-state index contributed by atoms with van der Waals surface area (Å²) < 4.78 is 10.4. The topological polar surface area (TPSA) is 85.3 Å². The minimum absolute atomic E-state index is 0.185. The van der Waals surface area contributed by atoms with E-state index < -0.39 is 0 Å². The SMILES string of the molecule is Cc1noc(C2CCN(C(=O)CCc3c(C)noc3C)CC2)n1. The average molecular weight is 318 g/mol. The third-order valence-corrected chi connectivity index (χ3v) is 4.51. The van der Waals surface area contributed by atoms with Crippen LogP contribution < -0.4 is 0 Å². The Balaban J connectivity index is 1.50. The predicted molar refractivity (Wildman–Crippen MR) is 81.9 cm³/mol. The molecule has 0 N–H and O–H groups in total. The van der Waals surface area contributed by atoms with Crippen molar-refractivity contribution in [2.75, 3.05) is 13.1 Å². The lowest BCUT2D eigenvalue weighted by atomic mass is 9.96. The highest BCUT2D eigenvalue weighted by Gasteiger charge is 2.27. The summed E-state index contributed by atoms with van der Waals surface area (Å²) in [6.07, 6.45) is 2.92. The number of rotatable bonds is 4. The maximum atomic E-state index is 12.4. The maximum absolute atomic E-state index is 12.4. The molecule has 0 saturated carbocycles. The number of piperidine rings is 1. The van der Waals surface area contributed by atoms with Crippen molar-refractivity contribution in [1.29, 1.82) is 0 Å². The summed E-state index contributed by atoms with van der Waals surface area (Å²) in [7, 11) is 0. The molecule has 2 aromatic rings. The fourth-order valence-electron chi connectivity index (χ4n) is 3.10. The van der Waals surface area contributed by atoms with Crippen LogP contribution in [0.1, 0.15) is 53.9 Å². The van der Waals surface area contributed by atoms with Gasteiger partial charge in [0.25, 0.3) is 0 Å². The monoisotopic (exact) mass is 318 g/mol. The zero-order chi connectivity index (χ0) is 16.4. The van der Waals surface area contributed by atoms with Crippen LogP contribution in [0.3, 0.4) is 0 Å². The molecule has 1 aliphatic rings. The Morgan fingerprint density at radius 1 is 1.17 bits per heavy atom. The minimum atomic E-state index is 0.185. The van der Waals surface area contributed by atoms with Crippen LogP contribution in [-0.4, -0.2) is 39.2 Å². The quantitative estimate of drug-likeness (QED) is 0.860. The first-order chi connectivity index (χ1) is 11.0. The molecule has 23 heavy (non-hydrogen) atoms. The van der Waals surface area contributed by atoms with Gasteiger partial charge in [-0.25, -0.2) is 0 Å². The van der Waals surface area contributed by atoms with Gasteiger partial charge in [-0.05, 0) is 40.0 Å². The van der Waals surface area contributed by atoms with Crippen LogP contribution in [0.15, 0.2) is 9.05 Å². The number of nitrogens with zero attached hydrogens (tertiary/aromatic N) is 4. The summed E-state index contributed by atoms with van der Waals surface area (Å²) in [4.78, 5) is 18.6. The van der Waals surface area contributed by atoms with Crippen molar-refractivity contribution < 1.29 is 13.8 Å². The van der Waals surface area contributed by atoms with Crippen LogP contribution in [-0.2, 0) is 11.2 Å². The zero-order valence-corrected chi connectivity index (χ0v) is 13.8. The van der Waals surface area contributed by atoms with Crippen LogP contribution in [0, 0.1) is 20.8 Å². The summed E-state index contributed by atoms with van der Waals surface area (Å²) in [6.45, 7) is 7.10. The Kier molecular flexibility index (Phi) is 4.45. The average Bonchev–Trinajstić information content (AvgIpc) is 3.12. The van der Waals surface area contributed by atoms with E-state index in [0.29, 0.717) is 24.6 Å². The zero-order valence-electron chi connectivity index (χ0n) is 13.8. The second kappa shape index (κ2) is 6.52. The largest absolute Gasteiger partial charge is 0.361 e. The van der Waals surface area contributed by atoms with Crippen LogP contribution in [0.4, 0.5) is 0 Å². The molecule has 7 nitrogen and oxygen atoms in total. The van der Waals surface area contributed by atoms with E-state index in [1.807, 2.05) is 25.7 Å². The molecule has 3 heterocycles. The molecule has 0 atom stereocenters. The first-order valence-corrected chi connectivity index (χ1v) is 8.04. The summed E-state index contributed by atoms with van der Waals surface area (Å²) in [6, 6.07) is 0. The maximum Gasteiger partial charge on any atom is 0.229 e. The molecule has 1 aliphatic heterocycles. The van der Waals surface area contributed by atoms with Crippen LogP contribution >= 0.6 is 0 Å². The van der Waals surface area contributed by atoms with Gasteiger partial charge in [0.2, 0.25) is 11.8 Å². The number of carbonyl (C=O) groups excluding carboxylic acids is 1. The van der Waals surface area contributed by atoms with E-state index in [1.165, 1.54) is 0 Å². The Labute approximate surface area is 135 Å². The molecule has 3 rings (SSSR count). The summed E-state index contributed by atoms with van der Waals surface area (Å²) in [5.41, 5.74) is 1.93. The van der Waals surface area contributed by atoms with Gasteiger partial charge >= 0.3 is 0 Å². The van der Waals surface area contributed by atoms with E-state index in [0.717, 1.165) is 42.9 Å². The molecule has 0 unspecified atom stereocenters. The van der Waals surface area contributed by atoms with Crippen molar-refractivity contribution in [3.63, 3.8) is 0 Å². The Morgan fingerprint density at radius 3 is 2.48 bits per heavy atom. The van der Waals surface area contributed by atoms with E-state index in [-0.39, 0.29) is 11.8 Å². The Bertz CT molecular complexity index is 664. The van der Waals surface area contributed by atoms with E-state index in [9.17, 15) is 4.79 Å². The second-order valence-electron chi connectivity index (χ2n) is 6.14. The van der Waals surface area contributed by atoms with Gasteiger partial charge in [0.15, 0.2) is 5.82 Å². The molecule has 1 fully saturated rings. The normalized spacial score (nSPS) is 16.0. The van der Waals surface area contributed by atoms with E-state index >= 15 is 0 Å². The van der Waals surface area contributed by atoms with Crippen molar-refractivity contribution in [3.8, 4) is 0 Å². The molecule has 0 aromatic carbocycles. The molecule has 1 amide bonds. The highest BCUT2D eigenvalue weighted by atomic mass is 16.5. The Morgan fingerprint density at radius 2 is 1.91 bits per heavy atom. The van der Waals surface area contributed by atoms with Crippen molar-refractivity contribution in [3.05, 3.63) is 28.7 Å². The van der Waals surface area contributed by atoms with Gasteiger partial charge in [-0.2, -0.15) is 4.98 Å². The third kappa shape index (κ3) is 3.43. The highest BCUT2D eigenvalue weighted by molar-refractivity contribution is 5.76. The van der Waals surface area contributed by atoms with Crippen LogP contribution in [0.25, 0.3) is 0 Å². The van der Waals surface area contributed by atoms with Gasteiger partial charge in [0, 0.05) is 31.0 Å². The highest BCUT2D eigenvalue weighted by Crippen LogP contribution is 2.27. The van der Waals surface area contributed by atoms with Gasteiger partial charge in [0.1, 0.15) is 5.76 Å². The number of aryl methyl sites for hydroxylation is 3. The van der Waals surface area contributed by atoms with Crippen LogP contribution in [0.5, 0.6) is 0 Å². The van der Waals surface area contributed by atoms with E-state index in [4.69, 9.17) is 9.05 Å². The molecular weight excluding hydrogens is 296 g/mol. The predicted octanol–water partition coefficient (Wildman–Crippen LogP) is 2.32. The Hall–Kier alpha value is -2.18. The van der Waals surface area contributed by atoms with Gasteiger partial charge < -0.3 is 13.9 Å². The van der Waals surface area contributed by atoms with E-state index in [2.05, 4.69) is 15.3 Å². The molecule has 1 saturated heterocycles. The van der Waals surface area contributed by atoms with Gasteiger partial charge in [0.05, 0.1) is 5.69 Å². The fourth-order valence-corrected chi connectivity index (χ4v) is 3.10. The number of hydrogen-bond donors (Lipinski definition) is 0. The van der Waals surface area contributed by atoms with Crippen molar-refractivity contribution in [2.24, 2.45) is 0 Å². The molecule has 124 valence electrons. The van der Waals surface area contributed by atoms with Crippen molar-refractivity contribution in [1.82, 2.24) is 20.2 Å². The third-order valence-electron chi connectivity index (χ3n) is 4.51. The number of likely N-dealkylation sites (tertiary alicyclic amines) is 1. The van der Waals surface area contributed by atoms with Gasteiger partial charge in [-0.15, -0.1) is 0 Å². The fraction of sp³-hybridized carbons (Fsp3) is 0.625. The summed E-state index contributed by atoms with van der Waals surface area (Å²) in [5, 5.41) is 7.77. The van der Waals surface area contributed by atoms with E-state index in [1.54, 1.807) is 0 Å². The van der Waals surface area contributed by atoms with Gasteiger partial charge in [-0.3, -0.25) is 4.79 Å². The number of hydrogen-bond acceptors (Lipinski definition) is 6. The first kappa shape index (κ1) is 15.7. The smallest absolute Gasteiger partial charge is 0.229 e. The van der Waals surface area contributed by atoms with Gasteiger partial charge in [-0.1, -0.05) is 10.3 Å². The molecular formula is C16H22N4O3. The van der Waals surface area contributed by atoms with Crippen LogP contribution in [0.2, 0.25) is 0 Å². The summed E-state index contributed by atoms with van der Waals surface area (Å²) in [5.74, 6) is 2.62. The molecule has 2 aromatic heterocycles. The lowest BCUT2D eigenvalue weighted by Crippen LogP contribution is -2.38. The lowest BCUT2D eigenvalue weighted by molar-refractivity contribution is -0.132. The molecule has 0 radical (unpaired) electrons. The minimum Gasteiger partial charge on any atom is -0.361 e. The van der Waals surface area contributed by atoms with Crippen molar-refractivity contribution >= 4 is 5.91 Å². The standard InChI is InChI=1S/C16H22N4O3/c1-10-14(11(2)22-18-10)4-5-15(21)20-8-6-13(7-9-20)16-17-12(3)19-23-16/h13H,4-9H2,1-3H3. The molecule has 0 bridgehead atoms. The number of aromatic nitrogens is 3. The summed E-state index contributed by atoms with van der Waals surface area (Å²) >= 11 is 0.